The molecule has 1 aliphatic heterocycles. The lowest BCUT2D eigenvalue weighted by Crippen LogP contribution is -2.42. The SMILES string of the molecule is CC1CN(C(=O)Nc2cccnn2)CCC1=Cc1cccc(Cl)c1. The van der Waals surface area contributed by atoms with Gasteiger partial charge in [0.25, 0.3) is 0 Å². The highest BCUT2D eigenvalue weighted by Crippen LogP contribution is 2.26. The highest BCUT2D eigenvalue weighted by atomic mass is 35.5. The fraction of sp³-hybridized carbons (Fsp3) is 0.278. The molecule has 0 saturated carbocycles. The fourth-order valence-electron chi connectivity index (χ4n) is 2.82. The van der Waals surface area contributed by atoms with E-state index < -0.39 is 0 Å². The average Bonchev–Trinajstić information content (AvgIpc) is 2.57. The quantitative estimate of drug-likeness (QED) is 0.894. The predicted molar refractivity (Wildman–Crippen MR) is 95.8 cm³/mol. The van der Waals surface area contributed by atoms with E-state index >= 15 is 0 Å². The summed E-state index contributed by atoms with van der Waals surface area (Å²) < 4.78 is 0. The van der Waals surface area contributed by atoms with Gasteiger partial charge in [-0.05, 0) is 42.2 Å². The van der Waals surface area contributed by atoms with Crippen molar-refractivity contribution in [1.29, 1.82) is 0 Å². The molecule has 2 aromatic rings. The van der Waals surface area contributed by atoms with Crippen LogP contribution >= 0.6 is 11.6 Å². The van der Waals surface area contributed by atoms with Gasteiger partial charge < -0.3 is 4.90 Å². The summed E-state index contributed by atoms with van der Waals surface area (Å²) >= 11 is 6.04. The number of likely N-dealkylation sites (tertiary alicyclic amines) is 1. The molecule has 1 aromatic carbocycles. The number of benzene rings is 1. The van der Waals surface area contributed by atoms with E-state index in [-0.39, 0.29) is 6.03 Å². The summed E-state index contributed by atoms with van der Waals surface area (Å²) in [6.07, 6.45) is 4.60. The number of nitrogens with one attached hydrogen (secondary N) is 1. The van der Waals surface area contributed by atoms with E-state index in [0.717, 1.165) is 17.0 Å². The van der Waals surface area contributed by atoms with Crippen molar-refractivity contribution in [3.63, 3.8) is 0 Å². The van der Waals surface area contributed by atoms with Crippen molar-refractivity contribution in [2.45, 2.75) is 13.3 Å². The van der Waals surface area contributed by atoms with Gasteiger partial charge in [0.2, 0.25) is 0 Å². The number of carbonyl (C=O) groups is 1. The molecular weight excluding hydrogens is 324 g/mol. The zero-order chi connectivity index (χ0) is 16.9. The van der Waals surface area contributed by atoms with Gasteiger partial charge in [-0.2, -0.15) is 5.10 Å². The molecule has 0 bridgehead atoms. The Morgan fingerprint density at radius 1 is 1.38 bits per heavy atom. The van der Waals surface area contributed by atoms with E-state index in [4.69, 9.17) is 11.6 Å². The van der Waals surface area contributed by atoms with Gasteiger partial charge in [-0.15, -0.1) is 5.10 Å². The fourth-order valence-corrected chi connectivity index (χ4v) is 3.01. The van der Waals surface area contributed by atoms with Crippen LogP contribution in [0.2, 0.25) is 5.02 Å². The number of amides is 2. The van der Waals surface area contributed by atoms with Crippen molar-refractivity contribution in [2.24, 2.45) is 5.92 Å². The van der Waals surface area contributed by atoms with Crippen LogP contribution in [0.4, 0.5) is 10.6 Å². The third kappa shape index (κ3) is 4.11. The van der Waals surface area contributed by atoms with Crippen molar-refractivity contribution in [3.05, 3.63) is 58.8 Å². The largest absolute Gasteiger partial charge is 0.324 e. The first-order chi connectivity index (χ1) is 11.6. The molecule has 6 heteroatoms. The lowest BCUT2D eigenvalue weighted by Gasteiger charge is -2.33. The second-order valence-corrected chi connectivity index (χ2v) is 6.35. The molecule has 2 heterocycles. The molecule has 0 spiro atoms. The number of piperidine rings is 1. The summed E-state index contributed by atoms with van der Waals surface area (Å²) in [6.45, 7) is 3.50. The van der Waals surface area contributed by atoms with Gasteiger partial charge in [0, 0.05) is 24.3 Å². The Balaban J connectivity index is 1.63. The van der Waals surface area contributed by atoms with Crippen LogP contribution in [0, 0.1) is 5.92 Å². The molecule has 1 fully saturated rings. The van der Waals surface area contributed by atoms with Gasteiger partial charge >= 0.3 is 6.03 Å². The van der Waals surface area contributed by atoms with Crippen LogP contribution in [-0.2, 0) is 0 Å². The monoisotopic (exact) mass is 342 g/mol. The Morgan fingerprint density at radius 3 is 2.96 bits per heavy atom. The zero-order valence-electron chi connectivity index (χ0n) is 13.4. The van der Waals surface area contributed by atoms with Crippen molar-refractivity contribution in [2.75, 3.05) is 18.4 Å². The molecule has 5 nitrogen and oxygen atoms in total. The Kier molecular flexibility index (Phi) is 5.11. The smallest absolute Gasteiger partial charge is 0.323 e. The molecule has 0 aliphatic carbocycles. The average molecular weight is 343 g/mol. The van der Waals surface area contributed by atoms with Gasteiger partial charge in [0.1, 0.15) is 0 Å². The number of aromatic nitrogens is 2. The Labute approximate surface area is 146 Å². The van der Waals surface area contributed by atoms with Crippen molar-refractivity contribution in [3.8, 4) is 0 Å². The third-order valence-electron chi connectivity index (χ3n) is 4.09. The second-order valence-electron chi connectivity index (χ2n) is 5.91. The number of hydrogen-bond donors (Lipinski definition) is 1. The van der Waals surface area contributed by atoms with E-state index in [1.165, 1.54) is 5.57 Å². The molecule has 1 aromatic heterocycles. The van der Waals surface area contributed by atoms with E-state index in [1.54, 1.807) is 18.3 Å². The first-order valence-corrected chi connectivity index (χ1v) is 8.29. The van der Waals surface area contributed by atoms with Gasteiger partial charge in [0.05, 0.1) is 0 Å². The summed E-state index contributed by atoms with van der Waals surface area (Å²) in [4.78, 5) is 14.1. The lowest BCUT2D eigenvalue weighted by atomic mass is 9.91. The van der Waals surface area contributed by atoms with Crippen LogP contribution in [0.15, 0.2) is 48.2 Å². The highest BCUT2D eigenvalue weighted by Gasteiger charge is 2.24. The minimum absolute atomic E-state index is 0.135. The molecule has 1 aliphatic rings. The minimum atomic E-state index is -0.135. The number of rotatable bonds is 2. The minimum Gasteiger partial charge on any atom is -0.324 e. The predicted octanol–water partition coefficient (Wildman–Crippen LogP) is 4.09. The van der Waals surface area contributed by atoms with E-state index in [1.807, 2.05) is 29.2 Å². The van der Waals surface area contributed by atoms with Crippen LogP contribution < -0.4 is 5.32 Å². The number of nitrogens with zero attached hydrogens (tertiary/aromatic N) is 3. The molecule has 1 atom stereocenters. The molecule has 1 N–H and O–H groups in total. The van der Waals surface area contributed by atoms with Gasteiger partial charge in [0.15, 0.2) is 5.82 Å². The lowest BCUT2D eigenvalue weighted by molar-refractivity contribution is 0.197. The number of urea groups is 1. The molecule has 2 amide bonds. The number of anilines is 1. The Bertz CT molecular complexity index is 748. The standard InChI is InChI=1S/C18H19ClN4O/c1-13-12-23(18(24)21-17-6-3-8-20-22-17)9-7-15(13)10-14-4-2-5-16(19)11-14/h2-6,8,10-11,13H,7,9,12H2,1H3,(H,21,22,24). The summed E-state index contributed by atoms with van der Waals surface area (Å²) in [5, 5.41) is 11.2. The molecule has 0 radical (unpaired) electrons. The topological polar surface area (TPSA) is 58.1 Å². The van der Waals surface area contributed by atoms with Crippen LogP contribution in [-0.4, -0.2) is 34.2 Å². The summed E-state index contributed by atoms with van der Waals surface area (Å²) in [5.74, 6) is 0.765. The summed E-state index contributed by atoms with van der Waals surface area (Å²) in [6, 6.07) is 11.1. The van der Waals surface area contributed by atoms with E-state index in [9.17, 15) is 4.79 Å². The normalized spacial score (nSPS) is 19.3. The summed E-state index contributed by atoms with van der Waals surface area (Å²) in [7, 11) is 0. The van der Waals surface area contributed by atoms with Crippen molar-refractivity contribution < 1.29 is 4.79 Å². The summed E-state index contributed by atoms with van der Waals surface area (Å²) in [5.41, 5.74) is 2.43. The number of carbonyl (C=O) groups excluding carboxylic acids is 1. The maximum absolute atomic E-state index is 12.3. The van der Waals surface area contributed by atoms with Crippen LogP contribution in [0.5, 0.6) is 0 Å². The third-order valence-corrected chi connectivity index (χ3v) is 4.33. The van der Waals surface area contributed by atoms with Crippen molar-refractivity contribution in [1.82, 2.24) is 15.1 Å². The molecule has 24 heavy (non-hydrogen) atoms. The maximum atomic E-state index is 12.3. The molecule has 3 rings (SSSR count). The van der Waals surface area contributed by atoms with Crippen LogP contribution in [0.3, 0.4) is 0 Å². The van der Waals surface area contributed by atoms with Crippen LogP contribution in [0.25, 0.3) is 6.08 Å². The first-order valence-electron chi connectivity index (χ1n) is 7.91. The van der Waals surface area contributed by atoms with Crippen LogP contribution in [0.1, 0.15) is 18.9 Å². The van der Waals surface area contributed by atoms with Gasteiger partial charge in [-0.25, -0.2) is 4.79 Å². The molecule has 1 saturated heterocycles. The van der Waals surface area contributed by atoms with Crippen molar-refractivity contribution >= 4 is 29.5 Å². The Hall–Kier alpha value is -2.40. The number of halogens is 1. The van der Waals surface area contributed by atoms with E-state index in [0.29, 0.717) is 24.8 Å². The molecule has 1 unspecified atom stereocenters. The maximum Gasteiger partial charge on any atom is 0.323 e. The second kappa shape index (κ2) is 7.45. The van der Waals surface area contributed by atoms with E-state index in [2.05, 4.69) is 28.5 Å². The number of hydrogen-bond acceptors (Lipinski definition) is 3. The van der Waals surface area contributed by atoms with Gasteiger partial charge in [-0.1, -0.05) is 42.3 Å². The van der Waals surface area contributed by atoms with Gasteiger partial charge in [-0.3, -0.25) is 5.32 Å². The molecule has 124 valence electrons. The zero-order valence-corrected chi connectivity index (χ0v) is 14.2. The Morgan fingerprint density at radius 2 is 2.25 bits per heavy atom. The molecular formula is C18H19ClN4O. The highest BCUT2D eigenvalue weighted by molar-refractivity contribution is 6.30. The first kappa shape index (κ1) is 16.5.